The van der Waals surface area contributed by atoms with Gasteiger partial charge in [-0.05, 0) is 18.4 Å². The molecule has 1 saturated carbocycles. The lowest BCUT2D eigenvalue weighted by Gasteiger charge is -2.35. The molecule has 1 aromatic rings. The number of amides is 1. The summed E-state index contributed by atoms with van der Waals surface area (Å²) in [7, 11) is 0. The van der Waals surface area contributed by atoms with Crippen molar-refractivity contribution in [3.05, 3.63) is 35.9 Å². The lowest BCUT2D eigenvalue weighted by atomic mass is 9.65. The topological polar surface area (TPSA) is 94.3 Å². The minimum absolute atomic E-state index is 0.150. The second-order valence-corrected chi connectivity index (χ2v) is 6.24. The first-order valence-electron chi connectivity index (χ1n) is 7.81. The number of hydrogen-bond acceptors (Lipinski definition) is 4. The van der Waals surface area contributed by atoms with E-state index in [4.69, 9.17) is 5.73 Å². The summed E-state index contributed by atoms with van der Waals surface area (Å²) in [6, 6.07) is 9.15. The third kappa shape index (κ3) is 3.55. The van der Waals surface area contributed by atoms with Crippen LogP contribution in [0.15, 0.2) is 30.3 Å². The van der Waals surface area contributed by atoms with Gasteiger partial charge in [0.1, 0.15) is 5.92 Å². The van der Waals surface area contributed by atoms with Gasteiger partial charge in [-0.3, -0.25) is 19.2 Å². The maximum Gasteiger partial charge on any atom is 0.224 e. The monoisotopic (exact) mass is 315 g/mol. The van der Waals surface area contributed by atoms with E-state index in [1.54, 1.807) is 0 Å². The first-order chi connectivity index (χ1) is 10.9. The van der Waals surface area contributed by atoms with Crippen LogP contribution in [0, 0.1) is 11.3 Å². The number of primary amides is 1. The van der Waals surface area contributed by atoms with Gasteiger partial charge in [0.15, 0.2) is 17.3 Å². The Morgan fingerprint density at radius 1 is 1.13 bits per heavy atom. The van der Waals surface area contributed by atoms with Crippen LogP contribution in [0.25, 0.3) is 0 Å². The fourth-order valence-electron chi connectivity index (χ4n) is 3.24. The average molecular weight is 315 g/mol. The van der Waals surface area contributed by atoms with Crippen LogP contribution in [0.1, 0.15) is 38.2 Å². The van der Waals surface area contributed by atoms with E-state index in [1.165, 1.54) is 0 Å². The van der Waals surface area contributed by atoms with E-state index in [9.17, 15) is 19.2 Å². The van der Waals surface area contributed by atoms with Crippen LogP contribution in [-0.4, -0.2) is 23.3 Å². The molecule has 0 aliphatic heterocycles. The molecule has 2 rings (SSSR count). The summed E-state index contributed by atoms with van der Waals surface area (Å²) in [4.78, 5) is 48.8. The van der Waals surface area contributed by atoms with E-state index in [0.29, 0.717) is 6.42 Å². The largest absolute Gasteiger partial charge is 0.369 e. The molecule has 0 aromatic heterocycles. The zero-order valence-corrected chi connectivity index (χ0v) is 13.2. The number of ketones is 3. The van der Waals surface area contributed by atoms with Gasteiger partial charge in [-0.2, -0.15) is 0 Å². The van der Waals surface area contributed by atoms with Crippen molar-refractivity contribution in [2.24, 2.45) is 17.1 Å². The second-order valence-electron chi connectivity index (χ2n) is 6.24. The molecule has 1 aliphatic carbocycles. The molecule has 0 radical (unpaired) electrons. The van der Waals surface area contributed by atoms with Gasteiger partial charge in [0.2, 0.25) is 5.91 Å². The van der Waals surface area contributed by atoms with Crippen molar-refractivity contribution in [3.8, 4) is 0 Å². The highest BCUT2D eigenvalue weighted by Gasteiger charge is 2.50. The van der Waals surface area contributed by atoms with Gasteiger partial charge >= 0.3 is 0 Å². The predicted octanol–water partition coefficient (Wildman–Crippen LogP) is 1.62. The van der Waals surface area contributed by atoms with E-state index < -0.39 is 28.8 Å². The Morgan fingerprint density at radius 3 is 2.17 bits per heavy atom. The van der Waals surface area contributed by atoms with Crippen LogP contribution < -0.4 is 5.73 Å². The quantitative estimate of drug-likeness (QED) is 0.807. The smallest absolute Gasteiger partial charge is 0.224 e. The van der Waals surface area contributed by atoms with Crippen LogP contribution in [0.3, 0.4) is 0 Å². The molecule has 23 heavy (non-hydrogen) atoms. The Balaban J connectivity index is 2.27. The van der Waals surface area contributed by atoms with Crippen LogP contribution in [0.2, 0.25) is 0 Å². The highest BCUT2D eigenvalue weighted by atomic mass is 16.2. The number of carbonyl (C=O) groups excluding carboxylic acids is 4. The van der Waals surface area contributed by atoms with E-state index in [-0.39, 0.29) is 31.5 Å². The molecule has 0 saturated heterocycles. The number of hydrogen-bond donors (Lipinski definition) is 1. The van der Waals surface area contributed by atoms with Gasteiger partial charge in [0.05, 0.1) is 5.41 Å². The summed E-state index contributed by atoms with van der Waals surface area (Å²) in [5, 5.41) is 0. The molecule has 1 aromatic carbocycles. The third-order valence-electron chi connectivity index (χ3n) is 4.40. The molecule has 0 atom stereocenters. The second kappa shape index (κ2) is 6.86. The number of nitrogens with two attached hydrogens (primary N) is 1. The van der Waals surface area contributed by atoms with Crippen LogP contribution in [0.4, 0.5) is 0 Å². The summed E-state index contributed by atoms with van der Waals surface area (Å²) < 4.78 is 0. The van der Waals surface area contributed by atoms with Crippen molar-refractivity contribution < 1.29 is 19.2 Å². The van der Waals surface area contributed by atoms with Gasteiger partial charge < -0.3 is 5.73 Å². The molecule has 2 N–H and O–H groups in total. The summed E-state index contributed by atoms with van der Waals surface area (Å²) in [5.41, 5.74) is 5.14. The molecule has 1 fully saturated rings. The lowest BCUT2D eigenvalue weighted by molar-refractivity contribution is -0.150. The first kappa shape index (κ1) is 17.1. The molecule has 0 unspecified atom stereocenters. The molecule has 5 nitrogen and oxygen atoms in total. The molecule has 1 amide bonds. The minimum atomic E-state index is -1.22. The zero-order valence-electron chi connectivity index (χ0n) is 13.2. The highest BCUT2D eigenvalue weighted by Crippen LogP contribution is 2.38. The first-order valence-corrected chi connectivity index (χ1v) is 7.81. The van der Waals surface area contributed by atoms with E-state index in [1.807, 2.05) is 37.3 Å². The van der Waals surface area contributed by atoms with Gasteiger partial charge in [-0.1, -0.05) is 37.3 Å². The highest BCUT2D eigenvalue weighted by molar-refractivity contribution is 6.22. The molecule has 0 spiro atoms. The van der Waals surface area contributed by atoms with Crippen molar-refractivity contribution >= 4 is 23.3 Å². The Labute approximate surface area is 135 Å². The molecular formula is C18H21NO4. The van der Waals surface area contributed by atoms with Crippen molar-refractivity contribution in [1.82, 2.24) is 0 Å². The summed E-state index contributed by atoms with van der Waals surface area (Å²) in [6.07, 6.45) is 0.715. The predicted molar refractivity (Wildman–Crippen MR) is 84.4 cm³/mol. The molecule has 5 heteroatoms. The molecule has 122 valence electrons. The fraction of sp³-hybridized carbons (Fsp3) is 0.444. The maximum absolute atomic E-state index is 12.4. The Kier molecular flexibility index (Phi) is 5.08. The van der Waals surface area contributed by atoms with Gasteiger partial charge in [-0.25, -0.2) is 0 Å². The molecule has 0 bridgehead atoms. The number of Topliss-reactive ketones (excluding diaryl/α,β-unsaturated/α-hetero) is 3. The van der Waals surface area contributed by atoms with Crippen LogP contribution in [-0.2, 0) is 25.6 Å². The summed E-state index contributed by atoms with van der Waals surface area (Å²) in [5.74, 6) is -3.17. The number of rotatable bonds is 6. The minimum Gasteiger partial charge on any atom is -0.369 e. The number of carbonyl (C=O) groups is 4. The average Bonchev–Trinajstić information content (AvgIpc) is 2.47. The van der Waals surface area contributed by atoms with E-state index >= 15 is 0 Å². The fourth-order valence-corrected chi connectivity index (χ4v) is 3.24. The third-order valence-corrected chi connectivity index (χ3v) is 4.40. The van der Waals surface area contributed by atoms with Crippen LogP contribution >= 0.6 is 0 Å². The van der Waals surface area contributed by atoms with Crippen molar-refractivity contribution in [1.29, 1.82) is 0 Å². The summed E-state index contributed by atoms with van der Waals surface area (Å²) in [6.45, 7) is 1.82. The molecule has 1 aliphatic rings. The Morgan fingerprint density at radius 2 is 1.70 bits per heavy atom. The van der Waals surface area contributed by atoms with Crippen molar-refractivity contribution in [3.63, 3.8) is 0 Å². The van der Waals surface area contributed by atoms with E-state index in [0.717, 1.165) is 5.56 Å². The van der Waals surface area contributed by atoms with Gasteiger partial charge in [0, 0.05) is 19.3 Å². The zero-order chi connectivity index (χ0) is 17.0. The molecule has 0 heterocycles. The summed E-state index contributed by atoms with van der Waals surface area (Å²) >= 11 is 0. The lowest BCUT2D eigenvalue weighted by Crippen LogP contribution is -2.51. The SMILES string of the molecule is CCCC(=O)C1C(=O)CC(Cc2ccccc2)(C(N)=O)CC1=O. The Hall–Kier alpha value is -2.30. The van der Waals surface area contributed by atoms with Crippen LogP contribution in [0.5, 0.6) is 0 Å². The van der Waals surface area contributed by atoms with Crippen molar-refractivity contribution in [2.45, 2.75) is 39.0 Å². The van der Waals surface area contributed by atoms with Crippen molar-refractivity contribution in [2.75, 3.05) is 0 Å². The number of benzene rings is 1. The van der Waals surface area contributed by atoms with Gasteiger partial charge in [0.25, 0.3) is 0 Å². The normalized spacial score (nSPS) is 24.5. The van der Waals surface area contributed by atoms with Gasteiger partial charge in [-0.15, -0.1) is 0 Å². The van der Waals surface area contributed by atoms with E-state index in [2.05, 4.69) is 0 Å². The maximum atomic E-state index is 12.4. The molecular weight excluding hydrogens is 294 g/mol. The standard InChI is InChI=1S/C18H21NO4/c1-2-6-13(20)16-14(21)10-18(17(19)23,11-15(16)22)9-12-7-4-3-5-8-12/h3-5,7-8,16H,2,6,9-11H2,1H3,(H2,19,23). The Bertz CT molecular complexity index is 618.